The van der Waals surface area contributed by atoms with Gasteiger partial charge in [0.25, 0.3) is 0 Å². The SMILES string of the molecule is CC1CC1Nc1cc(Cl)ncn1. The maximum Gasteiger partial charge on any atom is 0.134 e. The maximum absolute atomic E-state index is 5.69. The Morgan fingerprint density at radius 3 is 2.92 bits per heavy atom. The third-order valence-electron chi connectivity index (χ3n) is 2.08. The van der Waals surface area contributed by atoms with Crippen LogP contribution >= 0.6 is 11.6 Å². The van der Waals surface area contributed by atoms with E-state index in [1.807, 2.05) is 0 Å². The highest BCUT2D eigenvalue weighted by Crippen LogP contribution is 2.32. The summed E-state index contributed by atoms with van der Waals surface area (Å²) in [5, 5.41) is 3.76. The molecule has 1 aromatic rings. The van der Waals surface area contributed by atoms with Crippen LogP contribution in [0.3, 0.4) is 0 Å². The van der Waals surface area contributed by atoms with Crippen molar-refractivity contribution in [2.24, 2.45) is 5.92 Å². The molecule has 1 aliphatic carbocycles. The Bertz CT molecular complexity index is 289. The fourth-order valence-corrected chi connectivity index (χ4v) is 1.27. The molecular weight excluding hydrogens is 174 g/mol. The number of anilines is 1. The molecule has 1 aliphatic rings. The summed E-state index contributed by atoms with van der Waals surface area (Å²) < 4.78 is 0. The van der Waals surface area contributed by atoms with E-state index in [9.17, 15) is 0 Å². The summed E-state index contributed by atoms with van der Waals surface area (Å²) in [5.74, 6) is 1.59. The molecule has 1 heterocycles. The Hall–Kier alpha value is -0.830. The summed E-state index contributed by atoms with van der Waals surface area (Å²) in [5.41, 5.74) is 0. The van der Waals surface area contributed by atoms with Crippen LogP contribution in [0.2, 0.25) is 5.15 Å². The van der Waals surface area contributed by atoms with Gasteiger partial charge in [-0.1, -0.05) is 18.5 Å². The van der Waals surface area contributed by atoms with Gasteiger partial charge >= 0.3 is 0 Å². The first-order valence-electron chi connectivity index (χ1n) is 4.00. The topological polar surface area (TPSA) is 37.8 Å². The molecule has 12 heavy (non-hydrogen) atoms. The van der Waals surface area contributed by atoms with E-state index in [1.54, 1.807) is 6.07 Å². The zero-order chi connectivity index (χ0) is 8.55. The smallest absolute Gasteiger partial charge is 0.134 e. The van der Waals surface area contributed by atoms with Crippen molar-refractivity contribution < 1.29 is 0 Å². The number of hydrogen-bond acceptors (Lipinski definition) is 3. The van der Waals surface area contributed by atoms with Gasteiger partial charge in [0, 0.05) is 12.1 Å². The summed E-state index contributed by atoms with van der Waals surface area (Å²) >= 11 is 5.69. The first kappa shape index (κ1) is 7.80. The van der Waals surface area contributed by atoms with E-state index in [0.29, 0.717) is 11.2 Å². The first-order valence-corrected chi connectivity index (χ1v) is 4.37. The second-order valence-electron chi connectivity index (χ2n) is 3.19. The predicted octanol–water partition coefficient (Wildman–Crippen LogP) is 1.95. The molecule has 0 aromatic carbocycles. The zero-order valence-electron chi connectivity index (χ0n) is 6.79. The van der Waals surface area contributed by atoms with Gasteiger partial charge in [-0.05, 0) is 12.3 Å². The van der Waals surface area contributed by atoms with Crippen LogP contribution in [0, 0.1) is 5.92 Å². The summed E-state index contributed by atoms with van der Waals surface area (Å²) in [6.07, 6.45) is 2.69. The van der Waals surface area contributed by atoms with Crippen LogP contribution in [0.25, 0.3) is 0 Å². The summed E-state index contributed by atoms with van der Waals surface area (Å²) in [6.45, 7) is 2.21. The molecule has 1 N–H and O–H groups in total. The average Bonchev–Trinajstić information content (AvgIpc) is 2.66. The van der Waals surface area contributed by atoms with Gasteiger partial charge < -0.3 is 5.32 Å². The molecule has 3 nitrogen and oxygen atoms in total. The van der Waals surface area contributed by atoms with Crippen LogP contribution in [-0.4, -0.2) is 16.0 Å². The maximum atomic E-state index is 5.69. The minimum Gasteiger partial charge on any atom is -0.367 e. The van der Waals surface area contributed by atoms with E-state index in [2.05, 4.69) is 22.2 Å². The molecule has 0 bridgehead atoms. The number of aromatic nitrogens is 2. The second kappa shape index (κ2) is 2.90. The summed E-state index contributed by atoms with van der Waals surface area (Å²) in [6, 6.07) is 2.32. The van der Waals surface area contributed by atoms with E-state index in [-0.39, 0.29) is 0 Å². The highest BCUT2D eigenvalue weighted by atomic mass is 35.5. The van der Waals surface area contributed by atoms with Crippen molar-refractivity contribution in [3.63, 3.8) is 0 Å². The number of nitrogens with zero attached hydrogens (tertiary/aromatic N) is 2. The fraction of sp³-hybridized carbons (Fsp3) is 0.500. The Balaban J connectivity index is 2.03. The second-order valence-corrected chi connectivity index (χ2v) is 3.58. The van der Waals surface area contributed by atoms with Crippen molar-refractivity contribution in [1.29, 1.82) is 0 Å². The number of halogens is 1. The molecule has 0 amide bonds. The Kier molecular flexibility index (Phi) is 1.89. The van der Waals surface area contributed by atoms with Crippen LogP contribution in [0.5, 0.6) is 0 Å². The van der Waals surface area contributed by atoms with Gasteiger partial charge in [0.05, 0.1) is 0 Å². The lowest BCUT2D eigenvalue weighted by Gasteiger charge is -2.02. The van der Waals surface area contributed by atoms with Gasteiger partial charge in [0.1, 0.15) is 17.3 Å². The standard InChI is InChI=1S/C8H10ClN3/c1-5-2-6(5)12-8-3-7(9)10-4-11-8/h3-6H,2H2,1H3,(H,10,11,12). The minimum absolute atomic E-state index is 0.487. The van der Waals surface area contributed by atoms with Gasteiger partial charge in [0.2, 0.25) is 0 Å². The van der Waals surface area contributed by atoms with Gasteiger partial charge in [-0.25, -0.2) is 9.97 Å². The molecule has 2 rings (SSSR count). The van der Waals surface area contributed by atoms with Crippen molar-refractivity contribution >= 4 is 17.4 Å². The third-order valence-corrected chi connectivity index (χ3v) is 2.28. The molecule has 1 saturated carbocycles. The number of rotatable bonds is 2. The monoisotopic (exact) mass is 183 g/mol. The van der Waals surface area contributed by atoms with Crippen molar-refractivity contribution in [1.82, 2.24) is 9.97 Å². The van der Waals surface area contributed by atoms with Crippen LogP contribution in [0.1, 0.15) is 13.3 Å². The molecular formula is C8H10ClN3. The fourth-order valence-electron chi connectivity index (χ4n) is 1.13. The van der Waals surface area contributed by atoms with Crippen molar-refractivity contribution in [2.45, 2.75) is 19.4 Å². The van der Waals surface area contributed by atoms with Crippen LogP contribution in [0.4, 0.5) is 5.82 Å². The van der Waals surface area contributed by atoms with E-state index in [4.69, 9.17) is 11.6 Å². The highest BCUT2D eigenvalue weighted by Gasteiger charge is 2.32. The Morgan fingerprint density at radius 2 is 2.33 bits per heavy atom. The summed E-state index contributed by atoms with van der Waals surface area (Å²) in [7, 11) is 0. The molecule has 2 unspecified atom stereocenters. The molecule has 0 aliphatic heterocycles. The van der Waals surface area contributed by atoms with E-state index < -0.39 is 0 Å². The molecule has 1 fully saturated rings. The number of hydrogen-bond donors (Lipinski definition) is 1. The van der Waals surface area contributed by atoms with Crippen molar-refractivity contribution in [2.75, 3.05) is 5.32 Å². The van der Waals surface area contributed by atoms with Crippen molar-refractivity contribution in [3.05, 3.63) is 17.5 Å². The highest BCUT2D eigenvalue weighted by molar-refractivity contribution is 6.29. The molecule has 4 heteroatoms. The quantitative estimate of drug-likeness (QED) is 0.713. The normalized spacial score (nSPS) is 26.8. The van der Waals surface area contributed by atoms with Gasteiger partial charge in [-0.3, -0.25) is 0 Å². The number of nitrogens with one attached hydrogen (secondary N) is 1. The Labute approximate surface area is 76.2 Å². The molecule has 0 spiro atoms. The van der Waals surface area contributed by atoms with Gasteiger partial charge in [-0.2, -0.15) is 0 Å². The third kappa shape index (κ3) is 1.67. The Morgan fingerprint density at radius 1 is 1.58 bits per heavy atom. The molecule has 64 valence electrons. The van der Waals surface area contributed by atoms with Crippen molar-refractivity contribution in [3.8, 4) is 0 Å². The predicted molar refractivity (Wildman–Crippen MR) is 48.2 cm³/mol. The van der Waals surface area contributed by atoms with Crippen LogP contribution < -0.4 is 5.32 Å². The van der Waals surface area contributed by atoms with Crippen LogP contribution in [-0.2, 0) is 0 Å². The first-order chi connectivity index (χ1) is 5.75. The van der Waals surface area contributed by atoms with E-state index >= 15 is 0 Å². The lowest BCUT2D eigenvalue weighted by atomic mass is 10.4. The molecule has 0 radical (unpaired) electrons. The lowest BCUT2D eigenvalue weighted by molar-refractivity contribution is 0.921. The van der Waals surface area contributed by atoms with Crippen LogP contribution in [0.15, 0.2) is 12.4 Å². The lowest BCUT2D eigenvalue weighted by Crippen LogP contribution is -2.05. The molecule has 0 saturated heterocycles. The average molecular weight is 184 g/mol. The largest absolute Gasteiger partial charge is 0.367 e. The van der Waals surface area contributed by atoms with Gasteiger partial charge in [-0.15, -0.1) is 0 Å². The molecule has 2 atom stereocenters. The van der Waals surface area contributed by atoms with E-state index in [1.165, 1.54) is 12.7 Å². The summed E-state index contributed by atoms with van der Waals surface area (Å²) in [4.78, 5) is 7.85. The van der Waals surface area contributed by atoms with E-state index in [0.717, 1.165) is 11.7 Å². The minimum atomic E-state index is 0.487. The van der Waals surface area contributed by atoms with Gasteiger partial charge in [0.15, 0.2) is 0 Å². The molecule has 1 aromatic heterocycles. The zero-order valence-corrected chi connectivity index (χ0v) is 7.54.